The van der Waals surface area contributed by atoms with Gasteiger partial charge in [0.15, 0.2) is 5.58 Å². The molecule has 0 saturated heterocycles. The number of furan rings is 1. The number of para-hydroxylation sites is 4. The van der Waals surface area contributed by atoms with Crippen LogP contribution in [-0.4, -0.2) is 0 Å². The van der Waals surface area contributed by atoms with Crippen molar-refractivity contribution in [2.75, 3.05) is 9.80 Å². The Hall–Kier alpha value is -8.40. The topological polar surface area (TPSA) is 19.6 Å². The Balaban J connectivity index is 0.928. The summed E-state index contributed by atoms with van der Waals surface area (Å²) in [6, 6.07) is 87.5. The smallest absolute Gasteiger partial charge is 0.159 e. The zero-order valence-corrected chi connectivity index (χ0v) is 36.9. The third-order valence-corrected chi connectivity index (χ3v) is 13.4. The number of rotatable bonds is 9. The maximum absolute atomic E-state index is 6.57. The van der Waals surface area contributed by atoms with E-state index in [9.17, 15) is 0 Å². The molecule has 0 fully saturated rings. The van der Waals surface area contributed by atoms with Crippen LogP contribution in [0, 0.1) is 0 Å². The summed E-state index contributed by atoms with van der Waals surface area (Å²) >= 11 is 0. The van der Waals surface area contributed by atoms with E-state index < -0.39 is 0 Å². The van der Waals surface area contributed by atoms with Crippen LogP contribution in [0.1, 0.15) is 25.0 Å². The molecule has 0 radical (unpaired) electrons. The standard InChI is InChI=1S/C63H46N2O/c1-63(2)58-26-14-12-23-54(58)57-42-53(37-38-59(57)63)64(49-19-8-4-9-20-49)51-33-29-44(30-34-51)47-39-46(43-17-6-3-7-18-43)40-48(41-47)45-31-35-52(36-32-45)65(50-21-10-5-11-22-50)60-27-16-25-56-55-24-13-15-28-61(55)66-62(56)60/h3-42H,1-2H3. The first-order chi connectivity index (χ1) is 32.5. The normalized spacial score (nSPS) is 12.5. The highest BCUT2D eigenvalue weighted by molar-refractivity contribution is 6.10. The molecular weight excluding hydrogens is 801 g/mol. The quantitative estimate of drug-likeness (QED) is 0.144. The summed E-state index contributed by atoms with van der Waals surface area (Å²) in [4.78, 5) is 4.67. The molecule has 66 heavy (non-hydrogen) atoms. The number of nitrogens with zero attached hydrogens (tertiary/aromatic N) is 2. The summed E-state index contributed by atoms with van der Waals surface area (Å²) in [5.74, 6) is 0. The van der Waals surface area contributed by atoms with Gasteiger partial charge < -0.3 is 14.2 Å². The summed E-state index contributed by atoms with van der Waals surface area (Å²) < 4.78 is 6.57. The molecule has 1 aromatic heterocycles. The van der Waals surface area contributed by atoms with Gasteiger partial charge in [-0.2, -0.15) is 0 Å². The Morgan fingerprint density at radius 3 is 1.44 bits per heavy atom. The lowest BCUT2D eigenvalue weighted by atomic mass is 9.82. The van der Waals surface area contributed by atoms with Gasteiger partial charge in [0.2, 0.25) is 0 Å². The number of hydrogen-bond acceptors (Lipinski definition) is 3. The predicted octanol–water partition coefficient (Wildman–Crippen LogP) is 17.8. The van der Waals surface area contributed by atoms with Gasteiger partial charge in [-0.25, -0.2) is 0 Å². The zero-order chi connectivity index (χ0) is 44.2. The Bertz CT molecular complexity index is 3540. The molecule has 0 unspecified atom stereocenters. The summed E-state index contributed by atoms with van der Waals surface area (Å²) in [7, 11) is 0. The molecule has 3 nitrogen and oxygen atoms in total. The van der Waals surface area contributed by atoms with Crippen LogP contribution in [0.5, 0.6) is 0 Å². The second-order valence-corrected chi connectivity index (χ2v) is 17.8. The van der Waals surface area contributed by atoms with Crippen molar-refractivity contribution < 1.29 is 4.42 Å². The van der Waals surface area contributed by atoms with Crippen molar-refractivity contribution in [2.24, 2.45) is 0 Å². The van der Waals surface area contributed by atoms with E-state index in [-0.39, 0.29) is 5.41 Å². The highest BCUT2D eigenvalue weighted by Crippen LogP contribution is 2.51. The van der Waals surface area contributed by atoms with E-state index in [1.54, 1.807) is 0 Å². The van der Waals surface area contributed by atoms with Crippen molar-refractivity contribution >= 4 is 56.1 Å². The molecule has 1 aliphatic rings. The maximum atomic E-state index is 6.57. The molecule has 0 atom stereocenters. The summed E-state index contributed by atoms with van der Waals surface area (Å²) in [6.07, 6.45) is 0. The molecule has 10 aromatic carbocycles. The molecule has 3 heteroatoms. The van der Waals surface area contributed by atoms with Crippen LogP contribution in [0.3, 0.4) is 0 Å². The second-order valence-electron chi connectivity index (χ2n) is 17.8. The number of fused-ring (bicyclic) bond motifs is 6. The molecule has 0 spiro atoms. The van der Waals surface area contributed by atoms with Crippen molar-refractivity contribution in [1.82, 2.24) is 0 Å². The van der Waals surface area contributed by atoms with Crippen LogP contribution in [0.4, 0.5) is 34.1 Å². The van der Waals surface area contributed by atoms with Crippen LogP contribution in [0.15, 0.2) is 247 Å². The van der Waals surface area contributed by atoms with Gasteiger partial charge in [0.1, 0.15) is 5.58 Å². The molecule has 0 aliphatic heterocycles. The number of hydrogen-bond donors (Lipinski definition) is 0. The number of anilines is 6. The van der Waals surface area contributed by atoms with Crippen molar-refractivity contribution in [3.05, 3.63) is 254 Å². The highest BCUT2D eigenvalue weighted by atomic mass is 16.3. The van der Waals surface area contributed by atoms with E-state index in [0.29, 0.717) is 0 Å². The minimum absolute atomic E-state index is 0.0488. The van der Waals surface area contributed by atoms with Gasteiger partial charge in [-0.3, -0.25) is 0 Å². The van der Waals surface area contributed by atoms with Gasteiger partial charge in [-0.15, -0.1) is 0 Å². The van der Waals surface area contributed by atoms with Crippen LogP contribution >= 0.6 is 0 Å². The molecule has 0 bridgehead atoms. The fourth-order valence-electron chi connectivity index (χ4n) is 10.1. The third kappa shape index (κ3) is 6.76. The van der Waals surface area contributed by atoms with Gasteiger partial charge in [-0.1, -0.05) is 166 Å². The second kappa shape index (κ2) is 16.0. The Morgan fingerprint density at radius 1 is 0.318 bits per heavy atom. The molecule has 1 aliphatic carbocycles. The van der Waals surface area contributed by atoms with Gasteiger partial charge >= 0.3 is 0 Å². The SMILES string of the molecule is CC1(C)c2ccccc2-c2cc(N(c3ccccc3)c3ccc(-c4cc(-c5ccccc5)cc(-c5ccc(N(c6ccccc6)c6cccc7c6oc6ccccc67)cc5)c4)cc3)ccc21. The number of benzene rings is 10. The molecule has 0 amide bonds. The Labute approximate surface area is 386 Å². The predicted molar refractivity (Wildman–Crippen MR) is 277 cm³/mol. The molecular formula is C63H46N2O. The average molecular weight is 847 g/mol. The highest BCUT2D eigenvalue weighted by Gasteiger charge is 2.35. The summed E-state index contributed by atoms with van der Waals surface area (Å²) in [5.41, 5.74) is 20.5. The molecule has 12 rings (SSSR count). The van der Waals surface area contributed by atoms with Crippen LogP contribution < -0.4 is 9.80 Å². The van der Waals surface area contributed by atoms with Crippen LogP contribution in [0.2, 0.25) is 0 Å². The van der Waals surface area contributed by atoms with E-state index in [1.807, 2.05) is 12.1 Å². The first-order valence-corrected chi connectivity index (χ1v) is 22.7. The summed E-state index contributed by atoms with van der Waals surface area (Å²) in [5, 5.41) is 2.22. The van der Waals surface area contributed by atoms with E-state index in [2.05, 4.69) is 254 Å². The molecule has 11 aromatic rings. The maximum Gasteiger partial charge on any atom is 0.159 e. The lowest BCUT2D eigenvalue weighted by Crippen LogP contribution is -2.15. The average Bonchev–Trinajstić information content (AvgIpc) is 3.87. The van der Waals surface area contributed by atoms with E-state index >= 15 is 0 Å². The molecule has 1 heterocycles. The van der Waals surface area contributed by atoms with Crippen molar-refractivity contribution in [2.45, 2.75) is 19.3 Å². The van der Waals surface area contributed by atoms with Crippen LogP contribution in [-0.2, 0) is 5.41 Å². The fraction of sp³-hybridized carbons (Fsp3) is 0.0476. The first-order valence-electron chi connectivity index (χ1n) is 22.7. The van der Waals surface area contributed by atoms with Crippen LogP contribution in [0.25, 0.3) is 66.4 Å². The zero-order valence-electron chi connectivity index (χ0n) is 36.9. The lowest BCUT2D eigenvalue weighted by molar-refractivity contribution is 0.660. The molecule has 0 saturated carbocycles. The monoisotopic (exact) mass is 846 g/mol. The van der Waals surface area contributed by atoms with Gasteiger partial charge in [0.05, 0.1) is 5.69 Å². The van der Waals surface area contributed by atoms with Crippen molar-refractivity contribution in [3.8, 4) is 44.5 Å². The Morgan fingerprint density at radius 2 is 0.788 bits per heavy atom. The van der Waals surface area contributed by atoms with Crippen molar-refractivity contribution in [3.63, 3.8) is 0 Å². The van der Waals surface area contributed by atoms with Gasteiger partial charge in [-0.05, 0) is 147 Å². The van der Waals surface area contributed by atoms with E-state index in [4.69, 9.17) is 4.42 Å². The van der Waals surface area contributed by atoms with E-state index in [1.165, 1.54) is 33.4 Å². The molecule has 0 N–H and O–H groups in total. The van der Waals surface area contributed by atoms with E-state index in [0.717, 1.165) is 78.3 Å². The minimum Gasteiger partial charge on any atom is -0.454 e. The van der Waals surface area contributed by atoms with Gasteiger partial charge in [0, 0.05) is 44.6 Å². The first kappa shape index (κ1) is 39.2. The largest absolute Gasteiger partial charge is 0.454 e. The lowest BCUT2D eigenvalue weighted by Gasteiger charge is -2.27. The Kier molecular flexibility index (Phi) is 9.50. The van der Waals surface area contributed by atoms with Gasteiger partial charge in [0.25, 0.3) is 0 Å². The minimum atomic E-state index is -0.0488. The third-order valence-electron chi connectivity index (χ3n) is 13.4. The fourth-order valence-corrected chi connectivity index (χ4v) is 10.1. The molecule has 314 valence electrons. The van der Waals surface area contributed by atoms with Crippen molar-refractivity contribution in [1.29, 1.82) is 0 Å². The summed E-state index contributed by atoms with van der Waals surface area (Å²) in [6.45, 7) is 4.67.